The Morgan fingerprint density at radius 1 is 1.29 bits per heavy atom. The van der Waals surface area contributed by atoms with E-state index in [1.807, 2.05) is 10.9 Å². The van der Waals surface area contributed by atoms with Gasteiger partial charge in [0.25, 0.3) is 0 Å². The molecule has 1 aromatic rings. The van der Waals surface area contributed by atoms with Crippen LogP contribution in [0.15, 0.2) is 12.4 Å². The maximum absolute atomic E-state index is 5.09. The van der Waals surface area contributed by atoms with Crippen LogP contribution in [0.2, 0.25) is 0 Å². The number of nitrogens with zero attached hydrogens (tertiary/aromatic N) is 2. The number of unbranched alkanes of at least 4 members (excludes halogenated alkanes) is 3. The molecule has 0 saturated carbocycles. The Labute approximate surface area is 104 Å². The fraction of sp³-hybridized carbons (Fsp3) is 0.769. The molecule has 0 aliphatic rings. The molecule has 1 N–H and O–H groups in total. The van der Waals surface area contributed by atoms with E-state index in [2.05, 4.69) is 24.3 Å². The van der Waals surface area contributed by atoms with Gasteiger partial charge in [-0.3, -0.25) is 4.68 Å². The van der Waals surface area contributed by atoms with Crippen molar-refractivity contribution in [1.29, 1.82) is 0 Å². The van der Waals surface area contributed by atoms with Crippen LogP contribution >= 0.6 is 0 Å². The zero-order chi connectivity index (χ0) is 12.5. The number of aromatic nitrogens is 2. The number of hydrogen-bond acceptors (Lipinski definition) is 3. The normalized spacial score (nSPS) is 11.1. The highest BCUT2D eigenvalue weighted by Gasteiger charge is 1.97. The second-order valence-electron chi connectivity index (χ2n) is 4.67. The van der Waals surface area contributed by atoms with Crippen LogP contribution in [0.3, 0.4) is 0 Å². The lowest BCUT2D eigenvalue weighted by Crippen LogP contribution is -2.23. The summed E-state index contributed by atoms with van der Waals surface area (Å²) in [6, 6.07) is 0.603. The number of methoxy groups -OCH3 is 1. The number of hydrogen-bond donors (Lipinski definition) is 1. The van der Waals surface area contributed by atoms with E-state index in [-0.39, 0.29) is 0 Å². The molecule has 0 bridgehead atoms. The molecule has 0 aromatic carbocycles. The number of nitrogens with one attached hydrogen (secondary N) is 1. The van der Waals surface area contributed by atoms with Gasteiger partial charge in [0.15, 0.2) is 5.75 Å². The van der Waals surface area contributed by atoms with E-state index in [0.717, 1.165) is 18.8 Å². The van der Waals surface area contributed by atoms with Crippen LogP contribution in [-0.2, 0) is 6.54 Å². The molecule has 17 heavy (non-hydrogen) atoms. The highest BCUT2D eigenvalue weighted by atomic mass is 16.5. The van der Waals surface area contributed by atoms with Crippen LogP contribution in [-0.4, -0.2) is 29.5 Å². The van der Waals surface area contributed by atoms with Gasteiger partial charge < -0.3 is 10.1 Å². The van der Waals surface area contributed by atoms with Crippen molar-refractivity contribution in [2.24, 2.45) is 0 Å². The number of rotatable bonds is 9. The third-order valence-electron chi connectivity index (χ3n) is 2.71. The predicted octanol–water partition coefficient (Wildman–Crippen LogP) is 2.45. The molecule has 0 saturated heterocycles. The van der Waals surface area contributed by atoms with E-state index in [9.17, 15) is 0 Å². The van der Waals surface area contributed by atoms with Gasteiger partial charge in [0, 0.05) is 12.6 Å². The second kappa shape index (κ2) is 8.12. The van der Waals surface area contributed by atoms with E-state index < -0.39 is 0 Å². The van der Waals surface area contributed by atoms with Crippen molar-refractivity contribution in [1.82, 2.24) is 15.1 Å². The summed E-state index contributed by atoms with van der Waals surface area (Å²) in [6.45, 7) is 6.49. The lowest BCUT2D eigenvalue weighted by Gasteiger charge is -2.07. The SMILES string of the molecule is COc1cnn(CCCCCCNC(C)C)c1. The minimum atomic E-state index is 0.603. The first-order valence-corrected chi connectivity index (χ1v) is 6.52. The Morgan fingerprint density at radius 3 is 2.71 bits per heavy atom. The van der Waals surface area contributed by atoms with Crippen LogP contribution in [0.1, 0.15) is 39.5 Å². The molecule has 1 heterocycles. The van der Waals surface area contributed by atoms with Crippen LogP contribution in [0.25, 0.3) is 0 Å². The molecule has 0 radical (unpaired) electrons. The molecule has 4 heteroatoms. The minimum Gasteiger partial charge on any atom is -0.493 e. The summed E-state index contributed by atoms with van der Waals surface area (Å²) in [7, 11) is 1.67. The zero-order valence-electron chi connectivity index (χ0n) is 11.3. The predicted molar refractivity (Wildman–Crippen MR) is 70.4 cm³/mol. The third kappa shape index (κ3) is 6.31. The van der Waals surface area contributed by atoms with E-state index in [1.165, 1.54) is 25.7 Å². The summed E-state index contributed by atoms with van der Waals surface area (Å²) in [5.41, 5.74) is 0. The highest BCUT2D eigenvalue weighted by molar-refractivity contribution is 5.10. The molecule has 98 valence electrons. The van der Waals surface area contributed by atoms with Gasteiger partial charge in [0.05, 0.1) is 19.5 Å². The third-order valence-corrected chi connectivity index (χ3v) is 2.71. The van der Waals surface area contributed by atoms with Crippen molar-refractivity contribution in [3.05, 3.63) is 12.4 Å². The number of aryl methyl sites for hydroxylation is 1. The molecule has 0 atom stereocenters. The number of ether oxygens (including phenoxy) is 1. The highest BCUT2D eigenvalue weighted by Crippen LogP contribution is 2.08. The van der Waals surface area contributed by atoms with E-state index >= 15 is 0 Å². The van der Waals surface area contributed by atoms with Gasteiger partial charge in [0.1, 0.15) is 0 Å². The average Bonchev–Trinajstić information content (AvgIpc) is 2.75. The molecule has 1 rings (SSSR count). The van der Waals surface area contributed by atoms with Crippen molar-refractivity contribution < 1.29 is 4.74 Å². The van der Waals surface area contributed by atoms with Gasteiger partial charge in [-0.2, -0.15) is 5.10 Å². The zero-order valence-corrected chi connectivity index (χ0v) is 11.3. The lowest BCUT2D eigenvalue weighted by molar-refractivity contribution is 0.413. The topological polar surface area (TPSA) is 39.1 Å². The fourth-order valence-electron chi connectivity index (χ4n) is 1.72. The molecule has 1 aromatic heterocycles. The molecule has 0 spiro atoms. The van der Waals surface area contributed by atoms with Gasteiger partial charge in [-0.15, -0.1) is 0 Å². The molecular weight excluding hydrogens is 214 g/mol. The average molecular weight is 239 g/mol. The van der Waals surface area contributed by atoms with Gasteiger partial charge in [0.2, 0.25) is 0 Å². The molecular formula is C13H25N3O. The molecule has 4 nitrogen and oxygen atoms in total. The summed E-state index contributed by atoms with van der Waals surface area (Å²) >= 11 is 0. The van der Waals surface area contributed by atoms with E-state index in [0.29, 0.717) is 6.04 Å². The van der Waals surface area contributed by atoms with Crippen molar-refractivity contribution in [3.63, 3.8) is 0 Å². The summed E-state index contributed by atoms with van der Waals surface area (Å²) in [5.74, 6) is 0.839. The van der Waals surface area contributed by atoms with E-state index in [4.69, 9.17) is 4.74 Å². The van der Waals surface area contributed by atoms with Crippen LogP contribution in [0, 0.1) is 0 Å². The molecule has 0 fully saturated rings. The smallest absolute Gasteiger partial charge is 0.156 e. The first-order valence-electron chi connectivity index (χ1n) is 6.52. The standard InChI is InChI=1S/C13H25N3O/c1-12(2)14-8-6-4-5-7-9-16-11-13(17-3)10-15-16/h10-12,14H,4-9H2,1-3H3. The van der Waals surface area contributed by atoms with Crippen LogP contribution in [0.5, 0.6) is 5.75 Å². The largest absolute Gasteiger partial charge is 0.493 e. The van der Waals surface area contributed by atoms with Crippen LogP contribution in [0.4, 0.5) is 0 Å². The Balaban J connectivity index is 1.97. The lowest BCUT2D eigenvalue weighted by atomic mass is 10.2. The van der Waals surface area contributed by atoms with Gasteiger partial charge in [-0.25, -0.2) is 0 Å². The van der Waals surface area contributed by atoms with Gasteiger partial charge >= 0.3 is 0 Å². The molecule has 0 amide bonds. The molecule has 0 aliphatic carbocycles. The van der Waals surface area contributed by atoms with Gasteiger partial charge in [-0.1, -0.05) is 26.7 Å². The quantitative estimate of drug-likeness (QED) is 0.673. The molecule has 0 aliphatic heterocycles. The molecule has 0 unspecified atom stereocenters. The first-order chi connectivity index (χ1) is 8.22. The summed E-state index contributed by atoms with van der Waals surface area (Å²) in [5, 5.41) is 7.65. The maximum Gasteiger partial charge on any atom is 0.156 e. The first kappa shape index (κ1) is 14.0. The van der Waals surface area contributed by atoms with E-state index in [1.54, 1.807) is 13.3 Å². The summed E-state index contributed by atoms with van der Waals surface area (Å²) < 4.78 is 7.03. The summed E-state index contributed by atoms with van der Waals surface area (Å²) in [6.07, 6.45) is 8.71. The van der Waals surface area contributed by atoms with Crippen molar-refractivity contribution in [3.8, 4) is 5.75 Å². The van der Waals surface area contributed by atoms with Crippen molar-refractivity contribution >= 4 is 0 Å². The van der Waals surface area contributed by atoms with Crippen molar-refractivity contribution in [2.45, 2.75) is 52.1 Å². The summed E-state index contributed by atoms with van der Waals surface area (Å²) in [4.78, 5) is 0. The van der Waals surface area contributed by atoms with Gasteiger partial charge in [-0.05, 0) is 19.4 Å². The second-order valence-corrected chi connectivity index (χ2v) is 4.67. The Kier molecular flexibility index (Phi) is 6.70. The Hall–Kier alpha value is -1.03. The Bertz CT molecular complexity index is 297. The maximum atomic E-state index is 5.09. The minimum absolute atomic E-state index is 0.603. The van der Waals surface area contributed by atoms with Crippen molar-refractivity contribution in [2.75, 3.05) is 13.7 Å². The Morgan fingerprint density at radius 2 is 2.06 bits per heavy atom. The monoisotopic (exact) mass is 239 g/mol. The van der Waals surface area contributed by atoms with Crippen LogP contribution < -0.4 is 10.1 Å². The fourth-order valence-corrected chi connectivity index (χ4v) is 1.72.